The number of carbonyl (C=O) groups is 4. The van der Waals surface area contributed by atoms with Crippen molar-refractivity contribution in [2.75, 3.05) is 40.1 Å². The second-order valence-corrected chi connectivity index (χ2v) is 11.1. The van der Waals surface area contributed by atoms with Crippen molar-refractivity contribution < 1.29 is 33.8 Å². The summed E-state index contributed by atoms with van der Waals surface area (Å²) in [5.74, 6) is -1.81. The molecule has 1 aliphatic heterocycles. The van der Waals surface area contributed by atoms with Crippen molar-refractivity contribution in [1.82, 2.24) is 15.5 Å². The number of piperidine rings is 1. The topological polar surface area (TPSA) is 134 Å². The largest absolute Gasteiger partial charge is 0.493 e. The number of hydrogen-bond acceptors (Lipinski definition) is 7. The minimum absolute atomic E-state index is 0.00998. The van der Waals surface area contributed by atoms with Gasteiger partial charge in [0.2, 0.25) is 17.7 Å². The lowest BCUT2D eigenvalue weighted by molar-refractivity contribution is -0.142. The van der Waals surface area contributed by atoms with Crippen LogP contribution in [0.25, 0.3) is 6.08 Å². The fourth-order valence-electron chi connectivity index (χ4n) is 4.41. The maximum Gasteiger partial charge on any atom is 0.328 e. The predicted molar refractivity (Wildman–Crippen MR) is 162 cm³/mol. The van der Waals surface area contributed by atoms with E-state index < -0.39 is 29.7 Å². The molecule has 0 spiro atoms. The minimum atomic E-state index is -1.30. The van der Waals surface area contributed by atoms with Crippen LogP contribution in [0.1, 0.15) is 24.0 Å². The molecule has 0 aliphatic carbocycles. The molecular weight excluding hydrogens is 605 g/mol. The summed E-state index contributed by atoms with van der Waals surface area (Å²) in [4.78, 5) is 52.2. The van der Waals surface area contributed by atoms with Gasteiger partial charge in [0.05, 0.1) is 30.7 Å². The maximum atomic E-state index is 12.8. The highest BCUT2D eigenvalue weighted by molar-refractivity contribution is 7.98. The number of thioether (sulfide) groups is 1. The Morgan fingerprint density at radius 3 is 2.38 bits per heavy atom. The molecule has 1 aliphatic rings. The molecule has 0 aromatic heterocycles. The average molecular weight is 639 g/mol. The van der Waals surface area contributed by atoms with E-state index in [9.17, 15) is 24.3 Å². The molecule has 226 valence electrons. The van der Waals surface area contributed by atoms with Crippen LogP contribution >= 0.6 is 35.0 Å². The highest BCUT2D eigenvalue weighted by atomic mass is 35.5. The predicted octanol–water partition coefficient (Wildman–Crippen LogP) is 3.91. The number of ether oxygens (including phenoxy) is 2. The van der Waals surface area contributed by atoms with Crippen molar-refractivity contribution in [2.24, 2.45) is 5.92 Å². The molecular formula is C29H33Cl2N3O7S. The van der Waals surface area contributed by atoms with Crippen LogP contribution < -0.4 is 20.1 Å². The van der Waals surface area contributed by atoms with E-state index in [1.165, 1.54) is 32.1 Å². The molecule has 2 aromatic carbocycles. The van der Waals surface area contributed by atoms with Gasteiger partial charge in [0, 0.05) is 36.5 Å². The van der Waals surface area contributed by atoms with Gasteiger partial charge in [-0.05, 0) is 54.5 Å². The van der Waals surface area contributed by atoms with Crippen LogP contribution in [0.3, 0.4) is 0 Å². The fraction of sp³-hybridized carbons (Fsp3) is 0.379. The van der Waals surface area contributed by atoms with Gasteiger partial charge in [-0.15, -0.1) is 11.8 Å². The zero-order chi connectivity index (χ0) is 30.8. The maximum absolute atomic E-state index is 12.8. The lowest BCUT2D eigenvalue weighted by Crippen LogP contribution is -2.51. The molecule has 3 rings (SSSR count). The van der Waals surface area contributed by atoms with Gasteiger partial charge < -0.3 is 30.1 Å². The van der Waals surface area contributed by atoms with E-state index in [0.717, 1.165) is 4.90 Å². The molecule has 0 radical (unpaired) electrons. The van der Waals surface area contributed by atoms with Gasteiger partial charge >= 0.3 is 5.97 Å². The first-order valence-electron chi connectivity index (χ1n) is 13.1. The van der Waals surface area contributed by atoms with Crippen LogP contribution in [0.5, 0.6) is 11.5 Å². The number of amides is 3. The standard InChI is InChI=1S/C29H33Cl2N3O7S/c1-40-21-7-4-17(14-22(21)41-2)15-24(35)32-16-20(29(38)39)33-28(37)19-10-12-34(13-11-19)25(36)9-6-18-5-8-23(42-3)27(31)26(18)30/h4-9,14,19-20H,10-13,15-16H2,1-3H3,(H,32,35)(H,33,37)(H,38,39). The van der Waals surface area contributed by atoms with E-state index in [4.69, 9.17) is 32.7 Å². The second-order valence-electron chi connectivity index (χ2n) is 9.49. The monoisotopic (exact) mass is 637 g/mol. The Kier molecular flexibility index (Phi) is 12.4. The smallest absolute Gasteiger partial charge is 0.328 e. The van der Waals surface area contributed by atoms with Crippen molar-refractivity contribution in [1.29, 1.82) is 0 Å². The Bertz CT molecular complexity index is 1350. The molecule has 1 fully saturated rings. The van der Waals surface area contributed by atoms with E-state index in [-0.39, 0.29) is 18.9 Å². The van der Waals surface area contributed by atoms with Gasteiger partial charge in [-0.3, -0.25) is 14.4 Å². The van der Waals surface area contributed by atoms with Gasteiger partial charge in [-0.2, -0.15) is 0 Å². The van der Waals surface area contributed by atoms with E-state index in [2.05, 4.69) is 10.6 Å². The Hall–Kier alpha value is -3.41. The fourth-order valence-corrected chi connectivity index (χ4v) is 5.58. The third-order valence-corrected chi connectivity index (χ3v) is 8.60. The Morgan fingerprint density at radius 1 is 1.07 bits per heavy atom. The Balaban J connectivity index is 1.48. The molecule has 42 heavy (non-hydrogen) atoms. The molecule has 0 saturated carbocycles. The molecule has 2 aromatic rings. The number of halogens is 2. The van der Waals surface area contributed by atoms with Crippen LogP contribution in [0.4, 0.5) is 0 Å². The van der Waals surface area contributed by atoms with Crippen molar-refractivity contribution in [3.8, 4) is 11.5 Å². The molecule has 3 N–H and O–H groups in total. The SMILES string of the molecule is COc1ccc(CC(=O)NCC(NC(=O)C2CCN(C(=O)C=Cc3ccc(SC)c(Cl)c3Cl)CC2)C(=O)O)cc1OC. The van der Waals surface area contributed by atoms with Crippen molar-refractivity contribution in [2.45, 2.75) is 30.2 Å². The van der Waals surface area contributed by atoms with Crippen LogP contribution in [0.15, 0.2) is 41.3 Å². The van der Waals surface area contributed by atoms with Gasteiger partial charge in [0.15, 0.2) is 11.5 Å². The Morgan fingerprint density at radius 2 is 1.76 bits per heavy atom. The summed E-state index contributed by atoms with van der Waals surface area (Å²) in [5, 5.41) is 15.5. The van der Waals surface area contributed by atoms with Crippen LogP contribution in [-0.2, 0) is 25.6 Å². The number of nitrogens with zero attached hydrogens (tertiary/aromatic N) is 1. The van der Waals surface area contributed by atoms with E-state index >= 15 is 0 Å². The first kappa shape index (κ1) is 33.1. The Labute approximate surface area is 258 Å². The summed E-state index contributed by atoms with van der Waals surface area (Å²) >= 11 is 14.1. The van der Waals surface area contributed by atoms with E-state index in [1.54, 1.807) is 35.2 Å². The minimum Gasteiger partial charge on any atom is -0.493 e. The van der Waals surface area contributed by atoms with Crippen molar-refractivity contribution in [3.05, 3.63) is 57.6 Å². The molecule has 1 unspecified atom stereocenters. The zero-order valence-corrected chi connectivity index (χ0v) is 25.8. The van der Waals surface area contributed by atoms with Gasteiger partial charge in [-0.25, -0.2) is 4.79 Å². The van der Waals surface area contributed by atoms with Crippen molar-refractivity contribution in [3.63, 3.8) is 0 Å². The highest BCUT2D eigenvalue weighted by Crippen LogP contribution is 2.35. The molecule has 3 amide bonds. The molecule has 13 heteroatoms. The highest BCUT2D eigenvalue weighted by Gasteiger charge is 2.30. The molecule has 1 atom stereocenters. The number of carboxylic acids is 1. The van der Waals surface area contributed by atoms with E-state index in [1.807, 2.05) is 12.3 Å². The van der Waals surface area contributed by atoms with E-state index in [0.29, 0.717) is 58.6 Å². The summed E-state index contributed by atoms with van der Waals surface area (Å²) in [6.45, 7) is 0.391. The van der Waals surface area contributed by atoms with Crippen molar-refractivity contribution >= 4 is 64.7 Å². The summed E-state index contributed by atoms with van der Waals surface area (Å²) in [5.41, 5.74) is 1.27. The number of likely N-dealkylation sites (tertiary alicyclic amines) is 1. The molecule has 1 saturated heterocycles. The lowest BCUT2D eigenvalue weighted by atomic mass is 9.95. The van der Waals surface area contributed by atoms with Crippen LogP contribution in [-0.4, -0.2) is 79.8 Å². The number of nitrogens with one attached hydrogen (secondary N) is 2. The lowest BCUT2D eigenvalue weighted by Gasteiger charge is -2.31. The number of benzene rings is 2. The first-order chi connectivity index (χ1) is 20.1. The number of rotatable bonds is 12. The summed E-state index contributed by atoms with van der Waals surface area (Å²) in [6, 6.07) is 7.36. The number of carbonyl (C=O) groups excluding carboxylic acids is 3. The third-order valence-electron chi connectivity index (χ3n) is 6.81. The number of aliphatic carboxylic acids is 1. The quantitative estimate of drug-likeness (QED) is 0.236. The molecule has 0 bridgehead atoms. The summed E-state index contributed by atoms with van der Waals surface area (Å²) in [6.07, 6.45) is 5.66. The second kappa shape index (κ2) is 15.7. The van der Waals surface area contributed by atoms with Gasteiger partial charge in [-0.1, -0.05) is 35.3 Å². The van der Waals surface area contributed by atoms with Gasteiger partial charge in [0.25, 0.3) is 0 Å². The average Bonchev–Trinajstić information content (AvgIpc) is 2.99. The van der Waals surface area contributed by atoms with Gasteiger partial charge in [0.1, 0.15) is 6.04 Å². The number of carboxylic acid groups (broad SMARTS) is 1. The zero-order valence-electron chi connectivity index (χ0n) is 23.4. The third kappa shape index (κ3) is 8.80. The first-order valence-corrected chi connectivity index (χ1v) is 15.1. The molecule has 1 heterocycles. The summed E-state index contributed by atoms with van der Waals surface area (Å²) in [7, 11) is 2.99. The normalized spacial score (nSPS) is 14.4. The van der Waals surface area contributed by atoms with Crippen LogP contribution in [0.2, 0.25) is 10.0 Å². The molecule has 10 nitrogen and oxygen atoms in total. The number of hydrogen-bond donors (Lipinski definition) is 3. The summed E-state index contributed by atoms with van der Waals surface area (Å²) < 4.78 is 10.4. The number of methoxy groups -OCH3 is 2. The van der Waals surface area contributed by atoms with Crippen LogP contribution in [0, 0.1) is 5.92 Å².